The third kappa shape index (κ3) is 6.73. The van der Waals surface area contributed by atoms with Crippen molar-refractivity contribution in [3.05, 3.63) is 105 Å². The van der Waals surface area contributed by atoms with E-state index in [0.29, 0.717) is 23.6 Å². The van der Waals surface area contributed by atoms with Crippen molar-refractivity contribution in [2.24, 2.45) is 0 Å². The zero-order valence-corrected chi connectivity index (χ0v) is 22.2. The highest BCUT2D eigenvalue weighted by molar-refractivity contribution is 6.31. The number of rotatable bonds is 7. The highest BCUT2D eigenvalue weighted by atomic mass is 35.5. The molecule has 0 aliphatic heterocycles. The summed E-state index contributed by atoms with van der Waals surface area (Å²) < 4.78 is 69.3. The molecule has 0 heterocycles. The predicted molar refractivity (Wildman–Crippen MR) is 138 cm³/mol. The van der Waals surface area contributed by atoms with Gasteiger partial charge in [0, 0.05) is 13.1 Å². The lowest BCUT2D eigenvalue weighted by molar-refractivity contribution is -0.137. The largest absolute Gasteiger partial charge is 0.416 e. The lowest BCUT2D eigenvalue weighted by atomic mass is 9.87. The van der Waals surface area contributed by atoms with E-state index in [1.807, 2.05) is 30.3 Å². The predicted octanol–water partition coefficient (Wildman–Crippen LogP) is 8.70. The number of nitrogens with zero attached hydrogens (tertiary/aromatic N) is 1. The summed E-state index contributed by atoms with van der Waals surface area (Å²) in [6.45, 7) is 6.26. The summed E-state index contributed by atoms with van der Waals surface area (Å²) in [5.41, 5.74) is 1.30. The number of halogens is 6. The first kappa shape index (κ1) is 28.1. The Bertz CT molecular complexity index is 1320. The van der Waals surface area contributed by atoms with Crippen molar-refractivity contribution in [1.29, 1.82) is 0 Å². The van der Waals surface area contributed by atoms with Gasteiger partial charge in [0.1, 0.15) is 5.82 Å². The second-order valence-corrected chi connectivity index (χ2v) is 11.3. The van der Waals surface area contributed by atoms with Crippen molar-refractivity contribution in [3.8, 4) is 0 Å². The molecule has 0 bridgehead atoms. The van der Waals surface area contributed by atoms with Crippen molar-refractivity contribution >= 4 is 17.5 Å². The average Bonchev–Trinajstić information content (AvgIpc) is 3.67. The summed E-state index contributed by atoms with van der Waals surface area (Å²) in [5.74, 6) is -2.19. The molecule has 2 nitrogen and oxygen atoms in total. The minimum absolute atomic E-state index is 0.0291. The maximum absolute atomic E-state index is 14.9. The van der Waals surface area contributed by atoms with Crippen molar-refractivity contribution < 1.29 is 26.7 Å². The molecule has 0 aromatic heterocycles. The first-order valence-corrected chi connectivity index (χ1v) is 12.8. The summed E-state index contributed by atoms with van der Waals surface area (Å²) >= 11 is 5.75. The molecule has 38 heavy (non-hydrogen) atoms. The van der Waals surface area contributed by atoms with Gasteiger partial charge in [0.15, 0.2) is 5.82 Å². The van der Waals surface area contributed by atoms with Crippen LogP contribution in [-0.2, 0) is 24.6 Å². The Morgan fingerprint density at radius 2 is 1.58 bits per heavy atom. The van der Waals surface area contributed by atoms with Crippen molar-refractivity contribution in [3.63, 3.8) is 0 Å². The Morgan fingerprint density at radius 3 is 2.16 bits per heavy atom. The van der Waals surface area contributed by atoms with Crippen molar-refractivity contribution in [1.82, 2.24) is 4.90 Å². The number of alkyl halides is 3. The van der Waals surface area contributed by atoms with Gasteiger partial charge in [0.05, 0.1) is 16.1 Å². The zero-order valence-electron chi connectivity index (χ0n) is 21.4. The van der Waals surface area contributed by atoms with E-state index in [2.05, 4.69) is 20.8 Å². The van der Waals surface area contributed by atoms with Crippen LogP contribution >= 0.6 is 11.6 Å². The fourth-order valence-corrected chi connectivity index (χ4v) is 4.62. The Balaban J connectivity index is 1.65. The normalized spacial score (nSPS) is 14.0. The lowest BCUT2D eigenvalue weighted by Crippen LogP contribution is -2.33. The maximum atomic E-state index is 14.9. The van der Waals surface area contributed by atoms with Gasteiger partial charge in [-0.1, -0.05) is 62.7 Å². The van der Waals surface area contributed by atoms with Crippen LogP contribution < -0.4 is 0 Å². The van der Waals surface area contributed by atoms with E-state index in [1.54, 1.807) is 0 Å². The molecule has 3 aromatic carbocycles. The fourth-order valence-electron chi connectivity index (χ4n) is 4.40. The molecule has 4 rings (SSSR count). The molecule has 0 radical (unpaired) electrons. The summed E-state index contributed by atoms with van der Waals surface area (Å²) in [6.07, 6.45) is -2.57. The topological polar surface area (TPSA) is 20.3 Å². The maximum Gasteiger partial charge on any atom is 0.416 e. The van der Waals surface area contributed by atoms with E-state index in [4.69, 9.17) is 11.6 Å². The SMILES string of the molecule is CC(C)(C)c1ccc(CN(CCc2cc(F)cc(C3CC3)c2)C(=O)c2cc(C(F)(F)F)cc(Cl)c2F)cc1. The molecular weight excluding hydrogens is 521 g/mol. The monoisotopic (exact) mass is 549 g/mol. The van der Waals surface area contributed by atoms with Crippen LogP contribution in [0.4, 0.5) is 22.0 Å². The van der Waals surface area contributed by atoms with Crippen LogP contribution in [-0.4, -0.2) is 17.4 Å². The van der Waals surface area contributed by atoms with Gasteiger partial charge >= 0.3 is 6.18 Å². The zero-order chi connectivity index (χ0) is 27.8. The number of hydrogen-bond acceptors (Lipinski definition) is 1. The van der Waals surface area contributed by atoms with Crippen LogP contribution in [0.1, 0.15) is 77.7 Å². The van der Waals surface area contributed by atoms with E-state index in [-0.39, 0.29) is 30.7 Å². The van der Waals surface area contributed by atoms with E-state index in [1.165, 1.54) is 17.0 Å². The fraction of sp³-hybridized carbons (Fsp3) is 0.367. The molecule has 1 aliphatic rings. The molecule has 1 aliphatic carbocycles. The van der Waals surface area contributed by atoms with Gasteiger partial charge in [-0.2, -0.15) is 13.2 Å². The summed E-state index contributed by atoms with van der Waals surface area (Å²) in [7, 11) is 0. The molecule has 0 spiro atoms. The van der Waals surface area contributed by atoms with E-state index in [9.17, 15) is 26.7 Å². The number of carbonyl (C=O) groups is 1. The Kier molecular flexibility index (Phi) is 7.89. The molecule has 0 N–H and O–H groups in total. The van der Waals surface area contributed by atoms with Gasteiger partial charge < -0.3 is 4.90 Å². The van der Waals surface area contributed by atoms with Gasteiger partial charge in [0.2, 0.25) is 0 Å². The third-order valence-electron chi connectivity index (χ3n) is 6.77. The lowest BCUT2D eigenvalue weighted by Gasteiger charge is -2.25. The Morgan fingerprint density at radius 1 is 0.921 bits per heavy atom. The van der Waals surface area contributed by atoms with E-state index >= 15 is 0 Å². The number of carbonyl (C=O) groups excluding carboxylic acids is 1. The molecule has 3 aromatic rings. The minimum atomic E-state index is -4.80. The van der Waals surface area contributed by atoms with Crippen LogP contribution in [0.5, 0.6) is 0 Å². The van der Waals surface area contributed by atoms with Gasteiger partial charge in [-0.25, -0.2) is 8.78 Å². The van der Waals surface area contributed by atoms with E-state index < -0.39 is 34.1 Å². The molecule has 0 atom stereocenters. The van der Waals surface area contributed by atoms with Gasteiger partial charge in [-0.15, -0.1) is 0 Å². The second-order valence-electron chi connectivity index (χ2n) is 10.9. The standard InChI is InChI=1S/C30H29ClF5NO/c1-29(2,3)22-8-4-18(5-9-22)17-37(11-10-19-12-21(20-6-7-20)14-24(32)13-19)28(38)25-15-23(30(34,35)36)16-26(31)27(25)33/h4-5,8-9,12-16,20H,6-7,10-11,17H2,1-3H3. The smallest absolute Gasteiger partial charge is 0.334 e. The van der Waals surface area contributed by atoms with E-state index in [0.717, 1.165) is 29.5 Å². The minimum Gasteiger partial charge on any atom is -0.334 e. The molecule has 0 unspecified atom stereocenters. The van der Waals surface area contributed by atoms with Crippen molar-refractivity contribution in [2.45, 2.75) is 64.1 Å². The van der Waals surface area contributed by atoms with Crippen LogP contribution in [0.3, 0.4) is 0 Å². The quantitative estimate of drug-likeness (QED) is 0.270. The number of benzene rings is 3. The highest BCUT2D eigenvalue weighted by Gasteiger charge is 2.34. The molecule has 0 saturated heterocycles. The Labute approximate surface area is 224 Å². The third-order valence-corrected chi connectivity index (χ3v) is 7.04. The average molecular weight is 550 g/mol. The van der Waals surface area contributed by atoms with Crippen molar-refractivity contribution in [2.75, 3.05) is 6.54 Å². The number of hydrogen-bond donors (Lipinski definition) is 0. The van der Waals surface area contributed by atoms with Crippen LogP contribution in [0.25, 0.3) is 0 Å². The number of amides is 1. The molecular formula is C30H29ClF5NO. The van der Waals surface area contributed by atoms with Crippen LogP contribution in [0, 0.1) is 11.6 Å². The molecule has 1 amide bonds. The van der Waals surface area contributed by atoms with Crippen LogP contribution in [0.15, 0.2) is 54.6 Å². The van der Waals surface area contributed by atoms with Gasteiger partial charge in [-0.3, -0.25) is 4.79 Å². The molecule has 1 saturated carbocycles. The van der Waals surface area contributed by atoms with Gasteiger partial charge in [0.25, 0.3) is 5.91 Å². The highest BCUT2D eigenvalue weighted by Crippen LogP contribution is 2.40. The first-order chi connectivity index (χ1) is 17.7. The molecule has 8 heteroatoms. The summed E-state index contributed by atoms with van der Waals surface area (Å²) in [5, 5.41) is -0.781. The summed E-state index contributed by atoms with van der Waals surface area (Å²) in [4.78, 5) is 14.8. The first-order valence-electron chi connectivity index (χ1n) is 12.5. The van der Waals surface area contributed by atoms with Crippen LogP contribution in [0.2, 0.25) is 5.02 Å². The second kappa shape index (κ2) is 10.7. The molecule has 1 fully saturated rings. The van der Waals surface area contributed by atoms with Gasteiger partial charge in [-0.05, 0) is 77.1 Å². The summed E-state index contributed by atoms with van der Waals surface area (Å²) in [6, 6.07) is 13.3. The molecule has 202 valence electrons. The Hall–Kier alpha value is -2.93.